The number of aromatic nitrogens is 3. The molecule has 2 saturated heterocycles. The third-order valence-corrected chi connectivity index (χ3v) is 5.46. The molecule has 0 radical (unpaired) electrons. The number of hydrogen-bond donors (Lipinski definition) is 2. The molecule has 156 valence electrons. The van der Waals surface area contributed by atoms with Crippen LogP contribution in [0.15, 0.2) is 18.5 Å². The number of rotatable bonds is 2. The lowest BCUT2D eigenvalue weighted by molar-refractivity contribution is -0.185. The fourth-order valence-corrected chi connectivity index (χ4v) is 4.54. The van der Waals surface area contributed by atoms with E-state index in [1.807, 2.05) is 19.9 Å². The minimum atomic E-state index is -1.02. The zero-order valence-corrected chi connectivity index (χ0v) is 16.9. The molecule has 4 heterocycles. The number of anilines is 1. The minimum Gasteiger partial charge on any atom is -0.444 e. The molecule has 10 heteroatoms. The lowest BCUT2D eigenvalue weighted by Gasteiger charge is -2.29. The van der Waals surface area contributed by atoms with E-state index in [0.29, 0.717) is 17.0 Å². The second kappa shape index (κ2) is 5.45. The van der Waals surface area contributed by atoms with Crippen molar-refractivity contribution < 1.29 is 28.8 Å². The van der Waals surface area contributed by atoms with Crippen molar-refractivity contribution in [2.45, 2.75) is 69.4 Å². The summed E-state index contributed by atoms with van der Waals surface area (Å²) in [6, 6.07) is 3.61. The number of carbonyl (C=O) groups is 1. The smallest absolute Gasteiger partial charge is 0.413 e. The molecule has 2 aromatic rings. The zero-order chi connectivity index (χ0) is 20.8. The summed E-state index contributed by atoms with van der Waals surface area (Å²) in [5, 5.41) is 17.5. The maximum atomic E-state index is 12.2. The summed E-state index contributed by atoms with van der Waals surface area (Å²) in [6.07, 6.45) is -0.510. The van der Waals surface area contributed by atoms with Gasteiger partial charge in [-0.25, -0.2) is 14.3 Å². The minimum absolute atomic E-state index is 0.225. The number of ether oxygens (including phenoxy) is 4. The van der Waals surface area contributed by atoms with Gasteiger partial charge in [-0.15, -0.1) is 0 Å². The lowest BCUT2D eigenvalue weighted by atomic mass is 9.92. The van der Waals surface area contributed by atoms with E-state index < -0.39 is 40.9 Å². The van der Waals surface area contributed by atoms with Gasteiger partial charge in [0.15, 0.2) is 22.8 Å². The summed E-state index contributed by atoms with van der Waals surface area (Å²) < 4.78 is 25.2. The average Bonchev–Trinajstić information content (AvgIpc) is 2.95. The Bertz CT molecular complexity index is 1010. The molecule has 3 aliphatic rings. The number of amides is 1. The van der Waals surface area contributed by atoms with Crippen LogP contribution < -0.4 is 5.32 Å². The molecule has 2 aliphatic heterocycles. The Morgan fingerprint density at radius 1 is 1.34 bits per heavy atom. The topological polar surface area (TPSA) is 116 Å². The van der Waals surface area contributed by atoms with Crippen LogP contribution in [0.25, 0.3) is 5.52 Å². The van der Waals surface area contributed by atoms with Crippen LogP contribution >= 0.6 is 0 Å². The predicted molar refractivity (Wildman–Crippen MR) is 99.2 cm³/mol. The fourth-order valence-electron chi connectivity index (χ4n) is 4.54. The van der Waals surface area contributed by atoms with Crippen molar-refractivity contribution in [1.82, 2.24) is 14.6 Å². The average molecular weight is 404 g/mol. The third-order valence-electron chi connectivity index (χ3n) is 5.46. The molecule has 0 bridgehead atoms. The highest BCUT2D eigenvalue weighted by Crippen LogP contribution is 2.67. The maximum absolute atomic E-state index is 12.2. The quantitative estimate of drug-likeness (QED) is 0.775. The van der Waals surface area contributed by atoms with Crippen LogP contribution in [0.4, 0.5) is 10.6 Å². The summed E-state index contributed by atoms with van der Waals surface area (Å²) >= 11 is 0. The van der Waals surface area contributed by atoms with Crippen molar-refractivity contribution in [1.29, 1.82) is 0 Å². The molecule has 3 fully saturated rings. The number of aliphatic hydroxyl groups is 1. The number of hydrogen-bond acceptors (Lipinski definition) is 8. The van der Waals surface area contributed by atoms with E-state index in [1.54, 1.807) is 31.4 Å². The van der Waals surface area contributed by atoms with Gasteiger partial charge in [0.05, 0.1) is 12.3 Å². The molecule has 29 heavy (non-hydrogen) atoms. The van der Waals surface area contributed by atoms with Gasteiger partial charge >= 0.3 is 6.09 Å². The van der Waals surface area contributed by atoms with E-state index >= 15 is 0 Å². The first-order valence-electron chi connectivity index (χ1n) is 9.52. The van der Waals surface area contributed by atoms with E-state index in [-0.39, 0.29) is 6.61 Å². The predicted octanol–water partition coefficient (Wildman–Crippen LogP) is 1.57. The van der Waals surface area contributed by atoms with E-state index in [4.69, 9.17) is 18.9 Å². The molecule has 5 rings (SSSR count). The second-order valence-corrected chi connectivity index (χ2v) is 9.15. The number of fused-ring (bicyclic) bond motifs is 1. The molecule has 4 atom stereocenters. The van der Waals surface area contributed by atoms with Crippen LogP contribution in [-0.4, -0.2) is 61.6 Å². The molecule has 1 saturated carbocycles. The SMILES string of the molecule is CC(C)(C)OC(=O)Nc1ncnn2c(C34COC5C(O)C53OC(C)(C)O4)ccc12. The van der Waals surface area contributed by atoms with Gasteiger partial charge in [0.1, 0.15) is 29.7 Å². The molecular weight excluding hydrogens is 380 g/mol. The van der Waals surface area contributed by atoms with Crippen molar-refractivity contribution in [3.63, 3.8) is 0 Å². The van der Waals surface area contributed by atoms with Crippen molar-refractivity contribution in [3.8, 4) is 0 Å². The Balaban J connectivity index is 1.56. The first kappa shape index (κ1) is 18.7. The highest BCUT2D eigenvalue weighted by atomic mass is 16.8. The number of carbonyl (C=O) groups excluding carboxylic acids is 1. The Labute approximate surface area is 167 Å². The largest absolute Gasteiger partial charge is 0.444 e. The summed E-state index contributed by atoms with van der Waals surface area (Å²) in [5.41, 5.74) is -1.42. The van der Waals surface area contributed by atoms with E-state index in [2.05, 4.69) is 15.4 Å². The molecule has 2 N–H and O–H groups in total. The summed E-state index contributed by atoms with van der Waals surface area (Å²) in [4.78, 5) is 16.4. The number of aliphatic hydroxyl groups excluding tert-OH is 1. The maximum Gasteiger partial charge on any atom is 0.413 e. The molecule has 0 aromatic carbocycles. The number of nitrogens with one attached hydrogen (secondary N) is 1. The fraction of sp³-hybridized carbons (Fsp3) is 0.632. The molecule has 1 spiro atoms. The highest BCUT2D eigenvalue weighted by molar-refractivity contribution is 5.89. The molecular formula is C19H24N4O6. The van der Waals surface area contributed by atoms with Crippen LogP contribution in [0.2, 0.25) is 0 Å². The van der Waals surface area contributed by atoms with Crippen molar-refractivity contribution in [2.75, 3.05) is 11.9 Å². The van der Waals surface area contributed by atoms with Crippen LogP contribution in [-0.2, 0) is 24.5 Å². The molecule has 10 nitrogen and oxygen atoms in total. The summed E-state index contributed by atoms with van der Waals surface area (Å²) in [5.74, 6) is -0.593. The van der Waals surface area contributed by atoms with Crippen molar-refractivity contribution >= 4 is 17.4 Å². The number of nitrogens with zero attached hydrogens (tertiary/aromatic N) is 3. The van der Waals surface area contributed by atoms with Crippen LogP contribution in [0.1, 0.15) is 40.3 Å². The van der Waals surface area contributed by atoms with Gasteiger partial charge in [0.25, 0.3) is 0 Å². The Kier molecular flexibility index (Phi) is 3.52. The van der Waals surface area contributed by atoms with E-state index in [0.717, 1.165) is 0 Å². The van der Waals surface area contributed by atoms with Gasteiger partial charge in [-0.05, 0) is 46.8 Å². The van der Waals surface area contributed by atoms with Gasteiger partial charge in [0, 0.05) is 0 Å². The second-order valence-electron chi connectivity index (χ2n) is 9.15. The molecule has 4 unspecified atom stereocenters. The van der Waals surface area contributed by atoms with Crippen LogP contribution in [0.3, 0.4) is 0 Å². The standard InChI is InChI=1S/C19H24N4O6/c1-16(2,3)27-15(25)22-14-10-6-7-11(23(10)21-9-20-14)18-8-26-13-12(24)19(13,18)29-17(4,5)28-18/h6-7,9,12-13,24H,8H2,1-5H3,(H,20,21,22,25). The van der Waals surface area contributed by atoms with E-state index in [9.17, 15) is 9.90 Å². The summed E-state index contributed by atoms with van der Waals surface area (Å²) in [6.45, 7) is 9.20. The normalized spacial score (nSPS) is 34.7. The zero-order valence-electron chi connectivity index (χ0n) is 16.9. The highest BCUT2D eigenvalue weighted by Gasteiger charge is 2.88. The van der Waals surface area contributed by atoms with Crippen molar-refractivity contribution in [2.24, 2.45) is 0 Å². The Hall–Kier alpha value is -2.27. The molecule has 2 aromatic heterocycles. The molecule has 1 amide bonds. The van der Waals surface area contributed by atoms with Gasteiger partial charge < -0.3 is 24.1 Å². The van der Waals surface area contributed by atoms with Crippen LogP contribution in [0.5, 0.6) is 0 Å². The lowest BCUT2D eigenvalue weighted by Crippen LogP contribution is -2.44. The van der Waals surface area contributed by atoms with Crippen LogP contribution in [0, 0.1) is 0 Å². The Morgan fingerprint density at radius 3 is 2.79 bits per heavy atom. The van der Waals surface area contributed by atoms with Crippen molar-refractivity contribution in [3.05, 3.63) is 24.2 Å². The summed E-state index contributed by atoms with van der Waals surface area (Å²) in [7, 11) is 0. The monoisotopic (exact) mass is 404 g/mol. The Morgan fingerprint density at radius 2 is 2.10 bits per heavy atom. The first-order valence-corrected chi connectivity index (χ1v) is 9.52. The van der Waals surface area contributed by atoms with Gasteiger partial charge in [-0.2, -0.15) is 5.10 Å². The molecule has 1 aliphatic carbocycles. The van der Waals surface area contributed by atoms with E-state index in [1.165, 1.54) is 6.33 Å². The first-order chi connectivity index (χ1) is 13.5. The van der Waals surface area contributed by atoms with Gasteiger partial charge in [-0.1, -0.05) is 0 Å². The van der Waals surface area contributed by atoms with Gasteiger partial charge in [0.2, 0.25) is 0 Å². The van der Waals surface area contributed by atoms with Gasteiger partial charge in [-0.3, -0.25) is 5.32 Å². The third kappa shape index (κ3) is 2.46.